The summed E-state index contributed by atoms with van der Waals surface area (Å²) in [5.74, 6) is 1.15. The van der Waals surface area contributed by atoms with Crippen molar-refractivity contribution in [1.82, 2.24) is 10.1 Å². The molecule has 8 heteroatoms. The molecule has 3 aromatic rings. The first-order valence-corrected chi connectivity index (χ1v) is 6.91. The number of nitro benzene ring substituents is 1. The number of hydrogen-bond acceptors (Lipinski definition) is 7. The van der Waals surface area contributed by atoms with Crippen LogP contribution in [0, 0.1) is 10.1 Å². The number of benzene rings is 2. The van der Waals surface area contributed by atoms with Crippen molar-refractivity contribution in [3.8, 4) is 17.1 Å². The summed E-state index contributed by atoms with van der Waals surface area (Å²) in [6.45, 7) is 0.0699. The fraction of sp³-hybridized carbons (Fsp3) is 0.0625. The van der Waals surface area contributed by atoms with E-state index in [1.54, 1.807) is 36.4 Å². The second kappa shape index (κ2) is 6.69. The van der Waals surface area contributed by atoms with Crippen LogP contribution in [0.25, 0.3) is 11.4 Å². The van der Waals surface area contributed by atoms with Crippen LogP contribution in [0.4, 0.5) is 5.69 Å². The Morgan fingerprint density at radius 2 is 1.83 bits per heavy atom. The van der Waals surface area contributed by atoms with Crippen LogP contribution in [0.3, 0.4) is 0 Å². The Hall–Kier alpha value is -3.55. The van der Waals surface area contributed by atoms with Gasteiger partial charge in [-0.3, -0.25) is 14.9 Å². The van der Waals surface area contributed by atoms with Crippen molar-refractivity contribution in [2.45, 2.75) is 6.61 Å². The summed E-state index contributed by atoms with van der Waals surface area (Å²) in [4.78, 5) is 24.9. The van der Waals surface area contributed by atoms with Crippen molar-refractivity contribution in [2.75, 3.05) is 0 Å². The van der Waals surface area contributed by atoms with Crippen molar-refractivity contribution in [3.63, 3.8) is 0 Å². The first kappa shape index (κ1) is 15.3. The first-order chi connectivity index (χ1) is 11.7. The predicted octanol–water partition coefficient (Wildman–Crippen LogP) is 3.04. The molecule has 0 aliphatic rings. The lowest BCUT2D eigenvalue weighted by Gasteiger charge is -2.02. The molecule has 2 aromatic carbocycles. The van der Waals surface area contributed by atoms with Crippen LogP contribution in [0.5, 0.6) is 5.75 Å². The molecule has 0 saturated heterocycles. The van der Waals surface area contributed by atoms with E-state index in [1.807, 2.05) is 0 Å². The lowest BCUT2D eigenvalue weighted by Crippen LogP contribution is -1.96. The molecule has 0 bridgehead atoms. The topological polar surface area (TPSA) is 108 Å². The minimum atomic E-state index is -0.477. The van der Waals surface area contributed by atoms with Crippen LogP contribution < -0.4 is 4.74 Å². The van der Waals surface area contributed by atoms with Gasteiger partial charge in [0, 0.05) is 23.3 Å². The summed E-state index contributed by atoms with van der Waals surface area (Å²) >= 11 is 0. The molecular formula is C16H11N3O5. The standard InChI is InChI=1S/C16H11N3O5/c20-9-11-1-7-14(8-2-11)23-10-15-17-16(18-24-15)12-3-5-13(6-4-12)19(21)22/h1-9H,10H2. The molecule has 1 aromatic heterocycles. The van der Waals surface area contributed by atoms with E-state index >= 15 is 0 Å². The smallest absolute Gasteiger partial charge is 0.269 e. The SMILES string of the molecule is O=Cc1ccc(OCc2nc(-c3ccc([N+](=O)[O-])cc3)no2)cc1. The van der Waals surface area contributed by atoms with Gasteiger partial charge < -0.3 is 9.26 Å². The van der Waals surface area contributed by atoms with Crippen molar-refractivity contribution in [2.24, 2.45) is 0 Å². The number of non-ortho nitro benzene ring substituents is 1. The van der Waals surface area contributed by atoms with E-state index in [2.05, 4.69) is 10.1 Å². The number of hydrogen-bond donors (Lipinski definition) is 0. The maximum atomic E-state index is 10.6. The maximum absolute atomic E-state index is 10.6. The van der Waals surface area contributed by atoms with Gasteiger partial charge in [-0.05, 0) is 36.4 Å². The average molecular weight is 325 g/mol. The second-order valence-electron chi connectivity index (χ2n) is 4.79. The van der Waals surface area contributed by atoms with Crippen LogP contribution in [0.1, 0.15) is 16.2 Å². The van der Waals surface area contributed by atoms with Crippen LogP contribution >= 0.6 is 0 Å². The summed E-state index contributed by atoms with van der Waals surface area (Å²) in [5, 5.41) is 14.5. The summed E-state index contributed by atoms with van der Waals surface area (Å²) in [6.07, 6.45) is 0.748. The Kier molecular flexibility index (Phi) is 4.28. The summed E-state index contributed by atoms with van der Waals surface area (Å²) in [5.41, 5.74) is 1.15. The van der Waals surface area contributed by atoms with Crippen molar-refractivity contribution < 1.29 is 19.0 Å². The van der Waals surface area contributed by atoms with E-state index in [0.717, 1.165) is 6.29 Å². The van der Waals surface area contributed by atoms with Gasteiger partial charge in [-0.25, -0.2) is 0 Å². The molecule has 120 valence electrons. The van der Waals surface area contributed by atoms with Gasteiger partial charge in [0.1, 0.15) is 12.0 Å². The lowest BCUT2D eigenvalue weighted by atomic mass is 10.2. The van der Waals surface area contributed by atoms with E-state index < -0.39 is 4.92 Å². The Labute approximate surface area is 135 Å². The number of carbonyl (C=O) groups excluding carboxylic acids is 1. The third kappa shape index (κ3) is 3.43. The molecule has 0 radical (unpaired) electrons. The average Bonchev–Trinajstić information content (AvgIpc) is 3.09. The third-order valence-corrected chi connectivity index (χ3v) is 3.18. The lowest BCUT2D eigenvalue weighted by molar-refractivity contribution is -0.384. The molecule has 0 unspecified atom stereocenters. The van der Waals surface area contributed by atoms with Gasteiger partial charge in [-0.15, -0.1) is 0 Å². The number of aldehydes is 1. The van der Waals surface area contributed by atoms with Crippen LogP contribution in [0.2, 0.25) is 0 Å². The monoisotopic (exact) mass is 325 g/mol. The Bertz CT molecular complexity index is 856. The number of carbonyl (C=O) groups is 1. The number of nitrogens with zero attached hydrogens (tertiary/aromatic N) is 3. The highest BCUT2D eigenvalue weighted by molar-refractivity contribution is 5.74. The molecule has 0 fully saturated rings. The van der Waals surface area contributed by atoms with Crippen molar-refractivity contribution >= 4 is 12.0 Å². The van der Waals surface area contributed by atoms with E-state index in [1.165, 1.54) is 12.1 Å². The number of aromatic nitrogens is 2. The minimum Gasteiger partial charge on any atom is -0.484 e. The molecular weight excluding hydrogens is 314 g/mol. The van der Waals surface area contributed by atoms with Crippen LogP contribution in [-0.2, 0) is 6.61 Å². The summed E-state index contributed by atoms with van der Waals surface area (Å²) in [7, 11) is 0. The zero-order chi connectivity index (χ0) is 16.9. The highest BCUT2D eigenvalue weighted by atomic mass is 16.6. The second-order valence-corrected chi connectivity index (χ2v) is 4.79. The van der Waals surface area contributed by atoms with Gasteiger partial charge in [0.25, 0.3) is 11.6 Å². The maximum Gasteiger partial charge on any atom is 0.269 e. The Morgan fingerprint density at radius 3 is 2.46 bits per heavy atom. The normalized spacial score (nSPS) is 10.3. The number of ether oxygens (including phenoxy) is 1. The highest BCUT2D eigenvalue weighted by Gasteiger charge is 2.11. The fourth-order valence-corrected chi connectivity index (χ4v) is 1.95. The molecule has 0 saturated carbocycles. The van der Waals surface area contributed by atoms with Gasteiger partial charge in [-0.2, -0.15) is 4.98 Å². The molecule has 24 heavy (non-hydrogen) atoms. The minimum absolute atomic E-state index is 0.00965. The predicted molar refractivity (Wildman–Crippen MR) is 82.5 cm³/mol. The first-order valence-electron chi connectivity index (χ1n) is 6.91. The van der Waals surface area contributed by atoms with Crippen molar-refractivity contribution in [3.05, 3.63) is 70.1 Å². The largest absolute Gasteiger partial charge is 0.484 e. The zero-order valence-corrected chi connectivity index (χ0v) is 12.3. The fourth-order valence-electron chi connectivity index (χ4n) is 1.95. The van der Waals surface area contributed by atoms with Crippen LogP contribution in [-0.4, -0.2) is 21.4 Å². The zero-order valence-electron chi connectivity index (χ0n) is 12.3. The summed E-state index contributed by atoms with van der Waals surface area (Å²) in [6, 6.07) is 12.4. The van der Waals surface area contributed by atoms with Gasteiger partial charge >= 0.3 is 0 Å². The Balaban J connectivity index is 1.66. The molecule has 8 nitrogen and oxygen atoms in total. The van der Waals surface area contributed by atoms with Crippen LogP contribution in [0.15, 0.2) is 53.1 Å². The molecule has 0 N–H and O–H groups in total. The van der Waals surface area contributed by atoms with Gasteiger partial charge in [0.05, 0.1) is 4.92 Å². The number of rotatable bonds is 6. The molecule has 1 heterocycles. The van der Waals surface area contributed by atoms with Gasteiger partial charge in [0.2, 0.25) is 5.82 Å². The Morgan fingerprint density at radius 1 is 1.12 bits per heavy atom. The van der Waals surface area contributed by atoms with E-state index in [0.29, 0.717) is 22.7 Å². The quantitative estimate of drug-likeness (QED) is 0.389. The molecule has 0 aliphatic heterocycles. The molecule has 3 rings (SSSR count). The van der Waals surface area contributed by atoms with Gasteiger partial charge in [0.15, 0.2) is 6.61 Å². The van der Waals surface area contributed by atoms with E-state index in [4.69, 9.17) is 9.26 Å². The van der Waals surface area contributed by atoms with Crippen molar-refractivity contribution in [1.29, 1.82) is 0 Å². The molecule has 0 aliphatic carbocycles. The summed E-state index contributed by atoms with van der Waals surface area (Å²) < 4.78 is 10.6. The van der Waals surface area contributed by atoms with Gasteiger partial charge in [-0.1, -0.05) is 5.16 Å². The third-order valence-electron chi connectivity index (χ3n) is 3.18. The molecule has 0 spiro atoms. The molecule has 0 atom stereocenters. The van der Waals surface area contributed by atoms with E-state index in [9.17, 15) is 14.9 Å². The number of nitro groups is 1. The van der Waals surface area contributed by atoms with E-state index in [-0.39, 0.29) is 18.2 Å². The highest BCUT2D eigenvalue weighted by Crippen LogP contribution is 2.20. The molecule has 0 amide bonds.